The minimum absolute atomic E-state index is 0.0205. The Balaban J connectivity index is 1.08. The summed E-state index contributed by atoms with van der Waals surface area (Å²) in [5.41, 5.74) is 2.15. The van der Waals surface area contributed by atoms with Gasteiger partial charge in [-0.25, -0.2) is 4.98 Å². The van der Waals surface area contributed by atoms with Gasteiger partial charge in [0, 0.05) is 43.5 Å². The van der Waals surface area contributed by atoms with Gasteiger partial charge in [-0.3, -0.25) is 24.3 Å². The zero-order valence-corrected chi connectivity index (χ0v) is 23.9. The number of rotatable bonds is 12. The van der Waals surface area contributed by atoms with E-state index in [2.05, 4.69) is 5.32 Å². The molecular weight excluding hydrogens is 576 g/mol. The van der Waals surface area contributed by atoms with Gasteiger partial charge in [0.15, 0.2) is 28.2 Å². The molecule has 0 saturated carbocycles. The SMILES string of the molecule is O=C(CCCCCn1c(SCc2ccc([N+](=O)[O-])cc2)nc2cc3c(cc2c1=O)OCO3)NCc1ccc2c(c1)OCO2. The molecule has 1 aromatic heterocycles. The number of nitro groups is 1. The van der Waals surface area contributed by atoms with Crippen LogP contribution in [-0.2, 0) is 23.6 Å². The zero-order valence-electron chi connectivity index (χ0n) is 23.1. The van der Waals surface area contributed by atoms with Crippen molar-refractivity contribution in [3.63, 3.8) is 0 Å². The highest BCUT2D eigenvalue weighted by molar-refractivity contribution is 7.98. The van der Waals surface area contributed by atoms with Crippen LogP contribution in [0.15, 0.2) is 64.5 Å². The van der Waals surface area contributed by atoms with Crippen molar-refractivity contribution in [2.45, 2.75) is 49.7 Å². The van der Waals surface area contributed by atoms with Crippen LogP contribution in [0.3, 0.4) is 0 Å². The maximum absolute atomic E-state index is 13.6. The molecule has 0 unspecified atom stereocenters. The van der Waals surface area contributed by atoms with Gasteiger partial charge in [0.1, 0.15) is 0 Å². The topological polar surface area (TPSA) is 144 Å². The van der Waals surface area contributed by atoms with Crippen molar-refractivity contribution in [3.05, 3.63) is 86.2 Å². The molecule has 12 nitrogen and oxygen atoms in total. The van der Waals surface area contributed by atoms with Crippen LogP contribution in [0.4, 0.5) is 5.69 Å². The third kappa shape index (κ3) is 6.51. The smallest absolute Gasteiger partial charge is 0.269 e. The molecule has 6 rings (SSSR count). The number of amides is 1. The number of nitrogens with one attached hydrogen (secondary N) is 1. The highest BCUT2D eigenvalue weighted by atomic mass is 32.2. The van der Waals surface area contributed by atoms with E-state index in [1.165, 1.54) is 23.9 Å². The molecule has 13 heteroatoms. The van der Waals surface area contributed by atoms with Crippen LogP contribution in [-0.4, -0.2) is 34.0 Å². The fraction of sp³-hybridized carbons (Fsp3) is 0.300. The van der Waals surface area contributed by atoms with Crippen molar-refractivity contribution in [1.29, 1.82) is 0 Å². The number of aromatic nitrogens is 2. The number of hydrogen-bond donors (Lipinski definition) is 1. The van der Waals surface area contributed by atoms with Crippen LogP contribution >= 0.6 is 11.8 Å². The van der Waals surface area contributed by atoms with Crippen LogP contribution in [0.1, 0.15) is 36.8 Å². The molecule has 0 radical (unpaired) electrons. The van der Waals surface area contributed by atoms with Crippen LogP contribution < -0.4 is 29.8 Å². The molecule has 222 valence electrons. The minimum Gasteiger partial charge on any atom is -0.454 e. The predicted molar refractivity (Wildman–Crippen MR) is 158 cm³/mol. The maximum atomic E-state index is 13.6. The van der Waals surface area contributed by atoms with Gasteiger partial charge in [-0.05, 0) is 42.2 Å². The van der Waals surface area contributed by atoms with E-state index in [4.69, 9.17) is 23.9 Å². The molecule has 4 aromatic rings. The first-order chi connectivity index (χ1) is 20.9. The van der Waals surface area contributed by atoms with Crippen molar-refractivity contribution in [2.75, 3.05) is 13.6 Å². The van der Waals surface area contributed by atoms with Crippen LogP contribution in [0.2, 0.25) is 0 Å². The predicted octanol–water partition coefficient (Wildman–Crippen LogP) is 4.93. The Labute approximate surface area is 250 Å². The third-order valence-corrected chi connectivity index (χ3v) is 8.19. The second kappa shape index (κ2) is 12.6. The lowest BCUT2D eigenvalue weighted by Crippen LogP contribution is -2.24. The quantitative estimate of drug-likeness (QED) is 0.0777. The standard InChI is InChI=1S/C30H28N4O8S/c35-28(31-15-20-7-10-24-25(12-20)40-17-39-24)4-2-1-3-11-33-29(36)22-13-26-27(42-18-41-26)14-23(22)32-30(33)43-16-19-5-8-21(9-6-19)34(37)38/h5-10,12-14H,1-4,11,15-18H2,(H,31,35). The maximum Gasteiger partial charge on any atom is 0.269 e. The van der Waals surface area contributed by atoms with Crippen LogP contribution in [0.25, 0.3) is 10.9 Å². The molecule has 3 heterocycles. The first-order valence-corrected chi connectivity index (χ1v) is 14.8. The number of nitro benzene ring substituents is 1. The van der Waals surface area contributed by atoms with Crippen molar-refractivity contribution in [3.8, 4) is 23.0 Å². The molecular formula is C30H28N4O8S. The van der Waals surface area contributed by atoms with E-state index in [0.717, 1.165) is 17.5 Å². The van der Waals surface area contributed by atoms with Gasteiger partial charge in [0.25, 0.3) is 11.2 Å². The summed E-state index contributed by atoms with van der Waals surface area (Å²) in [6.07, 6.45) is 2.47. The van der Waals surface area contributed by atoms with E-state index in [9.17, 15) is 19.7 Å². The number of nitrogens with zero attached hydrogens (tertiary/aromatic N) is 3. The third-order valence-electron chi connectivity index (χ3n) is 7.14. The lowest BCUT2D eigenvalue weighted by molar-refractivity contribution is -0.384. The van der Waals surface area contributed by atoms with Gasteiger partial charge < -0.3 is 24.3 Å². The summed E-state index contributed by atoms with van der Waals surface area (Å²) in [6.45, 7) is 1.13. The fourth-order valence-corrected chi connectivity index (χ4v) is 5.81. The summed E-state index contributed by atoms with van der Waals surface area (Å²) in [6, 6.07) is 15.3. The molecule has 1 amide bonds. The number of thioether (sulfide) groups is 1. The van der Waals surface area contributed by atoms with E-state index in [0.29, 0.717) is 77.2 Å². The Morgan fingerprint density at radius 1 is 0.907 bits per heavy atom. The first kappa shape index (κ1) is 28.3. The lowest BCUT2D eigenvalue weighted by Gasteiger charge is -2.14. The molecule has 0 atom stereocenters. The highest BCUT2D eigenvalue weighted by Crippen LogP contribution is 2.35. The summed E-state index contributed by atoms with van der Waals surface area (Å²) < 4.78 is 23.3. The van der Waals surface area contributed by atoms with Crippen LogP contribution in [0, 0.1) is 10.1 Å². The van der Waals surface area contributed by atoms with Gasteiger partial charge in [-0.2, -0.15) is 0 Å². The molecule has 43 heavy (non-hydrogen) atoms. The molecule has 0 spiro atoms. The Bertz CT molecular complexity index is 1740. The second-order valence-electron chi connectivity index (χ2n) is 10.1. The summed E-state index contributed by atoms with van der Waals surface area (Å²) in [7, 11) is 0. The normalized spacial score (nSPS) is 12.9. The monoisotopic (exact) mass is 604 g/mol. The summed E-state index contributed by atoms with van der Waals surface area (Å²) in [4.78, 5) is 41.3. The number of benzene rings is 3. The van der Waals surface area contributed by atoms with E-state index < -0.39 is 4.92 Å². The van der Waals surface area contributed by atoms with Crippen molar-refractivity contribution >= 4 is 34.3 Å². The van der Waals surface area contributed by atoms with Crippen molar-refractivity contribution < 1.29 is 28.7 Å². The lowest BCUT2D eigenvalue weighted by atomic mass is 10.1. The Morgan fingerprint density at radius 2 is 1.60 bits per heavy atom. The second-order valence-corrected chi connectivity index (χ2v) is 11.0. The Hall–Kier alpha value is -4.78. The highest BCUT2D eigenvalue weighted by Gasteiger charge is 2.19. The average Bonchev–Trinajstić information content (AvgIpc) is 3.68. The van der Waals surface area contributed by atoms with Gasteiger partial charge >= 0.3 is 0 Å². The van der Waals surface area contributed by atoms with Gasteiger partial charge in [0.2, 0.25) is 19.5 Å². The largest absolute Gasteiger partial charge is 0.454 e. The Kier molecular flexibility index (Phi) is 8.31. The number of ether oxygens (including phenoxy) is 4. The molecule has 2 aliphatic rings. The van der Waals surface area contributed by atoms with E-state index in [1.54, 1.807) is 28.8 Å². The van der Waals surface area contributed by atoms with Crippen LogP contribution in [0.5, 0.6) is 23.0 Å². The average molecular weight is 605 g/mol. The number of non-ortho nitro benzene ring substituents is 1. The molecule has 0 saturated heterocycles. The number of fused-ring (bicyclic) bond motifs is 3. The molecule has 1 N–H and O–H groups in total. The van der Waals surface area contributed by atoms with E-state index in [1.807, 2.05) is 18.2 Å². The summed E-state index contributed by atoms with van der Waals surface area (Å²) in [5.74, 6) is 2.87. The Morgan fingerprint density at radius 3 is 2.37 bits per heavy atom. The van der Waals surface area contributed by atoms with Gasteiger partial charge in [0.05, 0.1) is 15.8 Å². The summed E-state index contributed by atoms with van der Waals surface area (Å²) >= 11 is 1.39. The van der Waals surface area contributed by atoms with E-state index >= 15 is 0 Å². The fourth-order valence-electron chi connectivity index (χ4n) is 4.83. The van der Waals surface area contributed by atoms with Crippen molar-refractivity contribution in [2.24, 2.45) is 0 Å². The van der Waals surface area contributed by atoms with E-state index in [-0.39, 0.29) is 30.7 Å². The van der Waals surface area contributed by atoms with Crippen molar-refractivity contribution in [1.82, 2.24) is 14.9 Å². The number of hydrogen-bond acceptors (Lipinski definition) is 10. The molecule has 0 bridgehead atoms. The molecule has 2 aliphatic heterocycles. The van der Waals surface area contributed by atoms with Gasteiger partial charge in [-0.1, -0.05) is 36.4 Å². The molecule has 3 aromatic carbocycles. The minimum atomic E-state index is -0.438. The zero-order chi connectivity index (χ0) is 29.8. The number of carbonyl (C=O) groups is 1. The molecule has 0 aliphatic carbocycles. The molecule has 0 fully saturated rings. The summed E-state index contributed by atoms with van der Waals surface area (Å²) in [5, 5.41) is 14.9. The number of unbranched alkanes of at least 4 members (excludes halogenated alkanes) is 2. The first-order valence-electron chi connectivity index (χ1n) is 13.8. The van der Waals surface area contributed by atoms with Gasteiger partial charge in [-0.15, -0.1) is 0 Å². The number of carbonyl (C=O) groups excluding carboxylic acids is 1.